The molecule has 35 heavy (non-hydrogen) atoms. The van der Waals surface area contributed by atoms with Gasteiger partial charge in [0, 0.05) is 6.54 Å². The summed E-state index contributed by atoms with van der Waals surface area (Å²) in [5.41, 5.74) is 0.957. The van der Waals surface area contributed by atoms with Crippen LogP contribution in [-0.2, 0) is 26.0 Å². The van der Waals surface area contributed by atoms with Gasteiger partial charge in [-0.2, -0.15) is 4.31 Å². The van der Waals surface area contributed by atoms with Gasteiger partial charge in [-0.15, -0.1) is 11.3 Å². The molecular formula is C24H23FN2O6S2. The molecule has 0 aliphatic carbocycles. The minimum atomic E-state index is -4.07. The van der Waals surface area contributed by atoms with E-state index in [1.165, 1.54) is 32.4 Å². The van der Waals surface area contributed by atoms with Gasteiger partial charge in [-0.1, -0.05) is 12.1 Å². The van der Waals surface area contributed by atoms with Crippen molar-refractivity contribution in [2.75, 3.05) is 25.7 Å². The van der Waals surface area contributed by atoms with Gasteiger partial charge in [-0.3, -0.25) is 9.59 Å². The highest BCUT2D eigenvalue weighted by molar-refractivity contribution is 7.91. The summed E-state index contributed by atoms with van der Waals surface area (Å²) in [6.45, 7) is -0.0450. The van der Waals surface area contributed by atoms with E-state index in [1.807, 2.05) is 0 Å². The van der Waals surface area contributed by atoms with Crippen LogP contribution in [0, 0.1) is 5.82 Å². The molecule has 11 heteroatoms. The van der Waals surface area contributed by atoms with Crippen LogP contribution >= 0.6 is 11.3 Å². The van der Waals surface area contributed by atoms with E-state index in [0.717, 1.165) is 38.2 Å². The van der Waals surface area contributed by atoms with Crippen molar-refractivity contribution < 1.29 is 31.9 Å². The van der Waals surface area contributed by atoms with Crippen molar-refractivity contribution in [3.05, 3.63) is 71.4 Å². The SMILES string of the molecule is COc1ccc(CCN(C2CC(=O)N(c3ccc(F)cc3)C2=O)S(=O)(=O)c2cccs2)cc1OC. The molecule has 0 saturated carbocycles. The van der Waals surface area contributed by atoms with Gasteiger partial charge in [0.2, 0.25) is 5.91 Å². The van der Waals surface area contributed by atoms with Crippen LogP contribution in [-0.4, -0.2) is 51.3 Å². The number of rotatable bonds is 9. The molecule has 3 aromatic rings. The summed E-state index contributed by atoms with van der Waals surface area (Å²) in [5, 5.41) is 1.63. The average Bonchev–Trinajstić information content (AvgIpc) is 3.49. The number of hydrogen-bond acceptors (Lipinski definition) is 7. The van der Waals surface area contributed by atoms with Crippen LogP contribution in [0.3, 0.4) is 0 Å². The lowest BCUT2D eigenvalue weighted by Gasteiger charge is -2.26. The first-order valence-corrected chi connectivity index (χ1v) is 13.0. The summed E-state index contributed by atoms with van der Waals surface area (Å²) in [7, 11) is -1.05. The molecule has 2 heterocycles. The molecule has 184 valence electrons. The number of halogens is 1. The molecule has 2 amide bonds. The minimum Gasteiger partial charge on any atom is -0.493 e. The van der Waals surface area contributed by atoms with E-state index < -0.39 is 33.7 Å². The summed E-state index contributed by atoms with van der Waals surface area (Å²) in [5.74, 6) is -0.711. The molecule has 1 fully saturated rings. The second-order valence-electron chi connectivity index (χ2n) is 7.75. The van der Waals surface area contributed by atoms with E-state index in [2.05, 4.69) is 0 Å². The molecule has 1 atom stereocenters. The summed E-state index contributed by atoms with van der Waals surface area (Å²) >= 11 is 1.03. The van der Waals surface area contributed by atoms with Crippen LogP contribution in [0.2, 0.25) is 0 Å². The molecule has 8 nitrogen and oxygen atoms in total. The number of anilines is 1. The maximum Gasteiger partial charge on any atom is 0.253 e. The van der Waals surface area contributed by atoms with E-state index in [1.54, 1.807) is 29.6 Å². The normalized spacial score (nSPS) is 16.2. The van der Waals surface area contributed by atoms with Gasteiger partial charge in [-0.25, -0.2) is 17.7 Å². The zero-order chi connectivity index (χ0) is 25.2. The maximum atomic E-state index is 13.5. The quantitative estimate of drug-likeness (QED) is 0.403. The van der Waals surface area contributed by atoms with Crippen LogP contribution in [0.4, 0.5) is 10.1 Å². The zero-order valence-electron chi connectivity index (χ0n) is 19.0. The van der Waals surface area contributed by atoms with Gasteiger partial charge < -0.3 is 9.47 Å². The van der Waals surface area contributed by atoms with E-state index >= 15 is 0 Å². The van der Waals surface area contributed by atoms with E-state index in [9.17, 15) is 22.4 Å². The minimum absolute atomic E-state index is 0.0450. The summed E-state index contributed by atoms with van der Waals surface area (Å²) in [6, 6.07) is 12.0. The Morgan fingerprint density at radius 1 is 1.06 bits per heavy atom. The highest BCUT2D eigenvalue weighted by Gasteiger charge is 2.47. The third-order valence-corrected chi connectivity index (χ3v) is 8.96. The molecule has 0 bridgehead atoms. The third-order valence-electron chi connectivity index (χ3n) is 5.68. The Bertz CT molecular complexity index is 1330. The lowest BCUT2D eigenvalue weighted by atomic mass is 10.1. The second-order valence-corrected chi connectivity index (χ2v) is 10.8. The van der Waals surface area contributed by atoms with Crippen LogP contribution in [0.25, 0.3) is 0 Å². The Morgan fingerprint density at radius 2 is 1.77 bits per heavy atom. The fourth-order valence-corrected chi connectivity index (χ4v) is 6.65. The number of carbonyl (C=O) groups excluding carboxylic acids is 2. The van der Waals surface area contributed by atoms with Crippen molar-refractivity contribution in [2.45, 2.75) is 23.1 Å². The third kappa shape index (κ3) is 4.93. The lowest BCUT2D eigenvalue weighted by Crippen LogP contribution is -2.46. The molecule has 0 N–H and O–H groups in total. The van der Waals surface area contributed by atoms with E-state index in [4.69, 9.17) is 9.47 Å². The van der Waals surface area contributed by atoms with Crippen molar-refractivity contribution in [3.63, 3.8) is 0 Å². The molecule has 0 radical (unpaired) electrons. The number of hydrogen-bond donors (Lipinski definition) is 0. The number of ether oxygens (including phenoxy) is 2. The highest BCUT2D eigenvalue weighted by Crippen LogP contribution is 2.32. The van der Waals surface area contributed by atoms with Crippen LogP contribution in [0.15, 0.2) is 64.2 Å². The molecule has 1 unspecified atom stereocenters. The summed E-state index contributed by atoms with van der Waals surface area (Å²) in [6.07, 6.45) is -0.0494. The van der Waals surface area contributed by atoms with Crippen molar-refractivity contribution in [1.82, 2.24) is 4.31 Å². The van der Waals surface area contributed by atoms with Crippen molar-refractivity contribution in [1.29, 1.82) is 0 Å². The van der Waals surface area contributed by atoms with Crippen molar-refractivity contribution in [3.8, 4) is 11.5 Å². The Morgan fingerprint density at radius 3 is 2.40 bits per heavy atom. The first-order chi connectivity index (χ1) is 16.8. The topological polar surface area (TPSA) is 93.2 Å². The Balaban J connectivity index is 1.66. The number of methoxy groups -OCH3 is 2. The molecule has 1 aliphatic heterocycles. The Hall–Kier alpha value is -3.28. The maximum absolute atomic E-state index is 13.5. The van der Waals surface area contributed by atoms with Gasteiger partial charge in [-0.05, 0) is 59.8 Å². The number of imide groups is 1. The molecule has 4 rings (SSSR count). The second kappa shape index (κ2) is 10.1. The largest absolute Gasteiger partial charge is 0.493 e. The Labute approximate surface area is 206 Å². The smallest absolute Gasteiger partial charge is 0.253 e. The predicted molar refractivity (Wildman–Crippen MR) is 129 cm³/mol. The van der Waals surface area contributed by atoms with Crippen LogP contribution in [0.5, 0.6) is 11.5 Å². The number of thiophene rings is 1. The van der Waals surface area contributed by atoms with Gasteiger partial charge in [0.05, 0.1) is 26.3 Å². The molecule has 0 spiro atoms. The number of benzene rings is 2. The first-order valence-electron chi connectivity index (χ1n) is 10.6. The number of amides is 2. The monoisotopic (exact) mass is 518 g/mol. The summed E-state index contributed by atoms with van der Waals surface area (Å²) in [4.78, 5) is 27.0. The van der Waals surface area contributed by atoms with Gasteiger partial charge in [0.1, 0.15) is 16.1 Å². The molecule has 1 saturated heterocycles. The molecule has 1 aliphatic rings. The number of carbonyl (C=O) groups is 2. The highest BCUT2D eigenvalue weighted by atomic mass is 32.2. The fraction of sp³-hybridized carbons (Fsp3) is 0.250. The zero-order valence-corrected chi connectivity index (χ0v) is 20.6. The Kier molecular flexibility index (Phi) is 7.20. The van der Waals surface area contributed by atoms with Gasteiger partial charge in [0.15, 0.2) is 11.5 Å². The first kappa shape index (κ1) is 24.8. The standard InChI is InChI=1S/C24H23FN2O6S2/c1-32-20-10-5-16(14-21(20)33-2)11-12-26(35(30,31)23-4-3-13-34-23)19-15-22(28)27(24(19)29)18-8-6-17(25)7-9-18/h3-10,13-14,19H,11-12,15H2,1-2H3. The molecular weight excluding hydrogens is 495 g/mol. The van der Waals surface area contributed by atoms with E-state index in [0.29, 0.717) is 11.5 Å². The predicted octanol–water partition coefficient (Wildman–Crippen LogP) is 3.47. The molecule has 2 aromatic carbocycles. The van der Waals surface area contributed by atoms with Gasteiger partial charge in [0.25, 0.3) is 15.9 Å². The number of sulfonamides is 1. The van der Waals surface area contributed by atoms with Crippen molar-refractivity contribution >= 4 is 38.9 Å². The lowest BCUT2D eigenvalue weighted by molar-refractivity contribution is -0.122. The van der Waals surface area contributed by atoms with Gasteiger partial charge >= 0.3 is 0 Å². The van der Waals surface area contributed by atoms with E-state index in [-0.39, 0.29) is 29.3 Å². The molecule has 1 aromatic heterocycles. The average molecular weight is 519 g/mol. The van der Waals surface area contributed by atoms with Crippen LogP contribution < -0.4 is 14.4 Å². The summed E-state index contributed by atoms with van der Waals surface area (Å²) < 4.78 is 52.1. The fourth-order valence-electron chi connectivity index (χ4n) is 3.95. The van der Waals surface area contributed by atoms with Crippen LogP contribution in [0.1, 0.15) is 12.0 Å². The number of nitrogens with zero attached hydrogens (tertiary/aromatic N) is 2. The van der Waals surface area contributed by atoms with Crippen molar-refractivity contribution in [2.24, 2.45) is 0 Å².